The highest BCUT2D eigenvalue weighted by Crippen LogP contribution is 2.26. The number of rotatable bonds is 3. The van der Waals surface area contributed by atoms with Crippen molar-refractivity contribution in [3.05, 3.63) is 66.9 Å². The second-order valence-electron chi connectivity index (χ2n) is 6.09. The summed E-state index contributed by atoms with van der Waals surface area (Å²) >= 11 is 0. The van der Waals surface area contributed by atoms with Gasteiger partial charge < -0.3 is 9.26 Å². The molecule has 0 spiro atoms. The maximum Gasteiger partial charge on any atom is 0.258 e. The second-order valence-corrected chi connectivity index (χ2v) is 6.09. The summed E-state index contributed by atoms with van der Waals surface area (Å²) in [6, 6.07) is 19.3. The van der Waals surface area contributed by atoms with Crippen LogP contribution in [0.1, 0.15) is 0 Å². The van der Waals surface area contributed by atoms with Crippen LogP contribution in [0.5, 0.6) is 5.75 Å². The average Bonchev–Trinajstić information content (AvgIpc) is 3.23. The Kier molecular flexibility index (Phi) is 3.53. The first-order chi connectivity index (χ1) is 13.3. The SMILES string of the molecule is COc1ccc2nc(-c3noc(-c4ccc5ncccc5c4)n3)ccc2c1. The van der Waals surface area contributed by atoms with E-state index in [1.807, 2.05) is 60.7 Å². The van der Waals surface area contributed by atoms with Crippen LogP contribution in [0.4, 0.5) is 0 Å². The molecule has 27 heavy (non-hydrogen) atoms. The molecule has 0 N–H and O–H groups in total. The molecule has 0 aliphatic heterocycles. The van der Waals surface area contributed by atoms with E-state index in [9.17, 15) is 0 Å². The van der Waals surface area contributed by atoms with Crippen molar-refractivity contribution in [2.45, 2.75) is 0 Å². The van der Waals surface area contributed by atoms with Crippen molar-refractivity contribution in [1.29, 1.82) is 0 Å². The number of benzene rings is 2. The van der Waals surface area contributed by atoms with E-state index in [0.29, 0.717) is 17.4 Å². The summed E-state index contributed by atoms with van der Waals surface area (Å²) < 4.78 is 10.7. The number of aromatic nitrogens is 4. The van der Waals surface area contributed by atoms with Crippen LogP contribution < -0.4 is 4.74 Å². The van der Waals surface area contributed by atoms with Crippen LogP contribution in [-0.2, 0) is 0 Å². The van der Waals surface area contributed by atoms with Gasteiger partial charge in [0.1, 0.15) is 11.4 Å². The Balaban J connectivity index is 1.53. The fourth-order valence-corrected chi connectivity index (χ4v) is 3.01. The third-order valence-electron chi connectivity index (χ3n) is 4.40. The predicted octanol–water partition coefficient (Wildman–Crippen LogP) is 4.51. The van der Waals surface area contributed by atoms with Crippen LogP contribution in [0.25, 0.3) is 44.8 Å². The normalized spacial score (nSPS) is 11.1. The lowest BCUT2D eigenvalue weighted by Gasteiger charge is -2.02. The lowest BCUT2D eigenvalue weighted by Crippen LogP contribution is -1.89. The van der Waals surface area contributed by atoms with E-state index >= 15 is 0 Å². The standard InChI is InChI=1S/C21H14N4O2/c1-26-16-6-9-18-14(12-16)4-8-19(23-18)20-24-21(27-25-20)15-5-7-17-13(11-15)3-2-10-22-17/h2-12H,1H3. The predicted molar refractivity (Wildman–Crippen MR) is 102 cm³/mol. The number of fused-ring (bicyclic) bond motifs is 2. The minimum atomic E-state index is 0.451. The molecule has 0 unspecified atom stereocenters. The van der Waals surface area contributed by atoms with Crippen molar-refractivity contribution in [2.24, 2.45) is 0 Å². The number of hydrogen-bond acceptors (Lipinski definition) is 6. The van der Waals surface area contributed by atoms with Gasteiger partial charge in [0, 0.05) is 22.5 Å². The van der Waals surface area contributed by atoms with Crippen LogP contribution >= 0.6 is 0 Å². The zero-order valence-electron chi connectivity index (χ0n) is 14.5. The van der Waals surface area contributed by atoms with Crippen LogP contribution in [0.3, 0.4) is 0 Å². The number of ether oxygens (including phenoxy) is 1. The number of nitrogens with zero attached hydrogens (tertiary/aromatic N) is 4. The summed E-state index contributed by atoms with van der Waals surface area (Å²) in [6.45, 7) is 0. The smallest absolute Gasteiger partial charge is 0.258 e. The van der Waals surface area contributed by atoms with Crippen LogP contribution in [0.2, 0.25) is 0 Å². The fourth-order valence-electron chi connectivity index (χ4n) is 3.01. The quantitative estimate of drug-likeness (QED) is 0.475. The van der Waals surface area contributed by atoms with Gasteiger partial charge in [-0.15, -0.1) is 0 Å². The van der Waals surface area contributed by atoms with E-state index in [4.69, 9.17) is 9.26 Å². The molecule has 0 saturated heterocycles. The molecule has 0 amide bonds. The molecule has 0 aliphatic rings. The molecular formula is C21H14N4O2. The molecule has 130 valence electrons. The van der Waals surface area contributed by atoms with Gasteiger partial charge in [-0.3, -0.25) is 4.98 Å². The van der Waals surface area contributed by atoms with Gasteiger partial charge in [-0.25, -0.2) is 4.98 Å². The molecule has 0 atom stereocenters. The summed E-state index contributed by atoms with van der Waals surface area (Å²) in [5.41, 5.74) is 3.27. The molecule has 3 heterocycles. The summed E-state index contributed by atoms with van der Waals surface area (Å²) in [4.78, 5) is 13.5. The van der Waals surface area contributed by atoms with Gasteiger partial charge in [0.15, 0.2) is 0 Å². The van der Waals surface area contributed by atoms with Crippen molar-refractivity contribution < 1.29 is 9.26 Å². The molecule has 0 fully saturated rings. The lowest BCUT2D eigenvalue weighted by molar-refractivity contribution is 0.415. The monoisotopic (exact) mass is 354 g/mol. The number of methoxy groups -OCH3 is 1. The molecule has 5 rings (SSSR count). The van der Waals surface area contributed by atoms with E-state index < -0.39 is 0 Å². The Morgan fingerprint density at radius 3 is 2.67 bits per heavy atom. The molecule has 0 radical (unpaired) electrons. The summed E-state index contributed by atoms with van der Waals surface area (Å²) in [7, 11) is 1.65. The zero-order chi connectivity index (χ0) is 18.2. The molecular weight excluding hydrogens is 340 g/mol. The van der Waals surface area contributed by atoms with Crippen molar-refractivity contribution in [2.75, 3.05) is 7.11 Å². The molecule has 5 aromatic rings. The first-order valence-corrected chi connectivity index (χ1v) is 8.44. The molecule has 2 aromatic carbocycles. The second kappa shape index (κ2) is 6.17. The summed E-state index contributed by atoms with van der Waals surface area (Å²) in [5, 5.41) is 6.11. The van der Waals surface area contributed by atoms with E-state index in [-0.39, 0.29) is 0 Å². The Labute approximate surface area is 154 Å². The van der Waals surface area contributed by atoms with Crippen molar-refractivity contribution >= 4 is 21.8 Å². The Morgan fingerprint density at radius 1 is 0.852 bits per heavy atom. The Morgan fingerprint density at radius 2 is 1.74 bits per heavy atom. The largest absolute Gasteiger partial charge is 0.497 e. The molecule has 0 bridgehead atoms. The maximum atomic E-state index is 5.46. The first-order valence-electron chi connectivity index (χ1n) is 8.44. The number of pyridine rings is 2. The maximum absolute atomic E-state index is 5.46. The fraction of sp³-hybridized carbons (Fsp3) is 0.0476. The lowest BCUT2D eigenvalue weighted by atomic mass is 10.1. The molecule has 0 saturated carbocycles. The molecule has 0 aliphatic carbocycles. The highest BCUT2D eigenvalue weighted by atomic mass is 16.5. The van der Waals surface area contributed by atoms with Crippen molar-refractivity contribution in [1.82, 2.24) is 20.1 Å². The Hall–Kier alpha value is -3.80. The van der Waals surface area contributed by atoms with E-state index in [1.165, 1.54) is 0 Å². The van der Waals surface area contributed by atoms with E-state index in [0.717, 1.165) is 33.1 Å². The van der Waals surface area contributed by atoms with Gasteiger partial charge in [0.05, 0.1) is 18.1 Å². The third kappa shape index (κ3) is 2.77. The molecule has 3 aromatic heterocycles. The van der Waals surface area contributed by atoms with Crippen molar-refractivity contribution in [3.8, 4) is 28.7 Å². The summed E-state index contributed by atoms with van der Waals surface area (Å²) in [6.07, 6.45) is 1.77. The first kappa shape index (κ1) is 15.5. The topological polar surface area (TPSA) is 73.9 Å². The highest BCUT2D eigenvalue weighted by Gasteiger charge is 2.13. The van der Waals surface area contributed by atoms with E-state index in [1.54, 1.807) is 13.3 Å². The zero-order valence-corrected chi connectivity index (χ0v) is 14.5. The van der Waals surface area contributed by atoms with Crippen LogP contribution in [0, 0.1) is 0 Å². The van der Waals surface area contributed by atoms with Gasteiger partial charge in [-0.1, -0.05) is 17.3 Å². The highest BCUT2D eigenvalue weighted by molar-refractivity contribution is 5.84. The van der Waals surface area contributed by atoms with Gasteiger partial charge in [0.25, 0.3) is 5.89 Å². The minimum absolute atomic E-state index is 0.451. The number of hydrogen-bond donors (Lipinski definition) is 0. The third-order valence-corrected chi connectivity index (χ3v) is 4.40. The van der Waals surface area contributed by atoms with Gasteiger partial charge >= 0.3 is 0 Å². The molecule has 6 nitrogen and oxygen atoms in total. The molecule has 6 heteroatoms. The van der Waals surface area contributed by atoms with Gasteiger partial charge in [-0.2, -0.15) is 4.98 Å². The average molecular weight is 354 g/mol. The van der Waals surface area contributed by atoms with E-state index in [2.05, 4.69) is 20.1 Å². The Bertz CT molecular complexity index is 1280. The van der Waals surface area contributed by atoms with Gasteiger partial charge in [0.2, 0.25) is 5.82 Å². The van der Waals surface area contributed by atoms with Crippen LogP contribution in [0.15, 0.2) is 71.4 Å². The summed E-state index contributed by atoms with van der Waals surface area (Å²) in [5.74, 6) is 1.70. The van der Waals surface area contributed by atoms with Crippen molar-refractivity contribution in [3.63, 3.8) is 0 Å². The van der Waals surface area contributed by atoms with Gasteiger partial charge in [-0.05, 0) is 48.5 Å². The van der Waals surface area contributed by atoms with Crippen LogP contribution in [-0.4, -0.2) is 27.2 Å². The minimum Gasteiger partial charge on any atom is -0.497 e.